The molecule has 0 saturated carbocycles. The zero-order valence-corrected chi connectivity index (χ0v) is 18.9. The van der Waals surface area contributed by atoms with Crippen molar-refractivity contribution in [1.29, 1.82) is 0 Å². The molecule has 0 radical (unpaired) electrons. The Morgan fingerprint density at radius 2 is 1.86 bits per heavy atom. The van der Waals surface area contributed by atoms with Crippen LogP contribution >= 0.6 is 0 Å². The number of nitrogens with zero attached hydrogens (tertiary/aromatic N) is 6. The fourth-order valence-corrected chi connectivity index (χ4v) is 3.84. The molecule has 0 aliphatic rings. The maximum atomic E-state index is 12.2. The highest BCUT2D eigenvalue weighted by molar-refractivity contribution is 6.05. The molecule has 1 aromatic carbocycles. The molecule has 1 amide bonds. The number of nitrogens with two attached hydrogens (primary N) is 2. The van der Waals surface area contributed by atoms with Crippen LogP contribution in [0.25, 0.3) is 33.4 Å². The van der Waals surface area contributed by atoms with Crippen molar-refractivity contribution < 1.29 is 9.53 Å². The van der Waals surface area contributed by atoms with Crippen molar-refractivity contribution in [1.82, 2.24) is 35.1 Å². The number of pyridine rings is 1. The van der Waals surface area contributed by atoms with Crippen LogP contribution in [0.2, 0.25) is 0 Å². The van der Waals surface area contributed by atoms with E-state index in [9.17, 15) is 4.79 Å². The van der Waals surface area contributed by atoms with E-state index in [2.05, 4.69) is 35.1 Å². The van der Waals surface area contributed by atoms with Gasteiger partial charge < -0.3 is 16.2 Å². The van der Waals surface area contributed by atoms with Crippen molar-refractivity contribution in [2.75, 3.05) is 5.73 Å². The number of H-pyrrole nitrogens is 1. The van der Waals surface area contributed by atoms with Gasteiger partial charge in [-0.25, -0.2) is 19.9 Å². The molecule has 174 valence electrons. The lowest BCUT2D eigenvalue weighted by Gasteiger charge is -2.15. The summed E-state index contributed by atoms with van der Waals surface area (Å²) in [5.74, 6) is -0.253. The number of carbonyl (C=O) groups excluding carboxylic acids is 1. The average Bonchev–Trinajstić information content (AvgIpc) is 3.34. The number of nitrogen functional groups attached to an aromatic ring is 1. The number of carbonyl (C=O) groups is 1. The summed E-state index contributed by atoms with van der Waals surface area (Å²) >= 11 is 0. The Balaban J connectivity index is 1.62. The van der Waals surface area contributed by atoms with Gasteiger partial charge in [0.15, 0.2) is 17.6 Å². The van der Waals surface area contributed by atoms with E-state index >= 15 is 0 Å². The monoisotopic (exact) mass is 467 g/mol. The smallest absolute Gasteiger partial charge is 0.317 e. The van der Waals surface area contributed by atoms with Gasteiger partial charge in [-0.1, -0.05) is 6.07 Å². The van der Waals surface area contributed by atoms with Crippen molar-refractivity contribution in [2.24, 2.45) is 5.73 Å². The number of fused-ring (bicyclic) bond motifs is 1. The SMILES string of the molecule is Cc1ccc2[nH]ncc2c1-c1cc(-c2ccnc(O[C@@H](C)c3ncccn3)n2)nc(C(N)=O)c1N. The minimum absolute atomic E-state index is 0.0514. The molecule has 11 nitrogen and oxygen atoms in total. The predicted molar refractivity (Wildman–Crippen MR) is 129 cm³/mol. The molecule has 0 bridgehead atoms. The van der Waals surface area contributed by atoms with Gasteiger partial charge in [0.2, 0.25) is 0 Å². The van der Waals surface area contributed by atoms with Crippen molar-refractivity contribution in [2.45, 2.75) is 20.0 Å². The molecule has 5 aromatic rings. The molecule has 0 aliphatic carbocycles. The van der Waals surface area contributed by atoms with Crippen LogP contribution in [0.5, 0.6) is 6.01 Å². The second-order valence-corrected chi connectivity index (χ2v) is 7.86. The lowest BCUT2D eigenvalue weighted by Crippen LogP contribution is -2.17. The number of anilines is 1. The third kappa shape index (κ3) is 4.10. The van der Waals surface area contributed by atoms with Gasteiger partial charge in [-0.3, -0.25) is 9.89 Å². The molecular weight excluding hydrogens is 446 g/mol. The topological polar surface area (TPSA) is 171 Å². The molecule has 0 spiro atoms. The summed E-state index contributed by atoms with van der Waals surface area (Å²) in [5, 5.41) is 7.95. The van der Waals surface area contributed by atoms with Crippen molar-refractivity contribution >= 4 is 22.5 Å². The average molecular weight is 467 g/mol. The van der Waals surface area contributed by atoms with E-state index in [1.165, 1.54) is 0 Å². The molecule has 1 atom stereocenters. The number of hydrogen-bond donors (Lipinski definition) is 3. The number of ether oxygens (including phenoxy) is 1. The minimum Gasteiger partial charge on any atom is -0.452 e. The molecule has 35 heavy (non-hydrogen) atoms. The Morgan fingerprint density at radius 1 is 1.06 bits per heavy atom. The first kappa shape index (κ1) is 21.9. The van der Waals surface area contributed by atoms with Gasteiger partial charge in [-0.2, -0.15) is 10.1 Å². The van der Waals surface area contributed by atoms with Crippen LogP contribution < -0.4 is 16.2 Å². The van der Waals surface area contributed by atoms with Gasteiger partial charge in [-0.05, 0) is 49.2 Å². The molecule has 0 unspecified atom stereocenters. The number of amides is 1. The van der Waals surface area contributed by atoms with Crippen molar-refractivity contribution in [3.8, 4) is 28.5 Å². The highest BCUT2D eigenvalue weighted by Crippen LogP contribution is 2.37. The van der Waals surface area contributed by atoms with Crippen LogP contribution in [0.15, 0.2) is 55.1 Å². The Kier molecular flexibility index (Phi) is 5.49. The Hall–Kier alpha value is -4.93. The number of nitrogens with one attached hydrogen (secondary N) is 1. The fourth-order valence-electron chi connectivity index (χ4n) is 3.84. The molecule has 4 aromatic heterocycles. The maximum absolute atomic E-state index is 12.2. The first-order valence-corrected chi connectivity index (χ1v) is 10.7. The van der Waals surface area contributed by atoms with E-state index in [0.29, 0.717) is 22.8 Å². The second-order valence-electron chi connectivity index (χ2n) is 7.86. The third-order valence-corrected chi connectivity index (χ3v) is 5.52. The molecule has 5 N–H and O–H groups in total. The normalized spacial score (nSPS) is 11.9. The van der Waals surface area contributed by atoms with Gasteiger partial charge in [0.05, 0.1) is 28.8 Å². The summed E-state index contributed by atoms with van der Waals surface area (Å²) in [5.41, 5.74) is 16.2. The van der Waals surface area contributed by atoms with Crippen molar-refractivity contribution in [3.05, 3.63) is 72.2 Å². The maximum Gasteiger partial charge on any atom is 0.317 e. The lowest BCUT2D eigenvalue weighted by atomic mass is 9.94. The van der Waals surface area contributed by atoms with Gasteiger partial charge in [0, 0.05) is 29.5 Å². The van der Waals surface area contributed by atoms with Gasteiger partial charge in [0.25, 0.3) is 5.91 Å². The number of aromatic amines is 1. The summed E-state index contributed by atoms with van der Waals surface area (Å²) in [4.78, 5) is 33.7. The van der Waals surface area contributed by atoms with E-state index in [4.69, 9.17) is 16.2 Å². The molecule has 4 heterocycles. The van der Waals surface area contributed by atoms with E-state index in [-0.39, 0.29) is 17.4 Å². The molecular formula is C24H21N9O2. The number of benzene rings is 1. The second kappa shape index (κ2) is 8.78. The number of rotatable bonds is 6. The summed E-state index contributed by atoms with van der Waals surface area (Å²) in [6.07, 6.45) is 6.04. The predicted octanol–water partition coefficient (Wildman–Crippen LogP) is 3.00. The number of hydrogen-bond acceptors (Lipinski definition) is 9. The van der Waals surface area contributed by atoms with Crippen LogP contribution in [0.3, 0.4) is 0 Å². The largest absolute Gasteiger partial charge is 0.452 e. The van der Waals surface area contributed by atoms with E-state index in [0.717, 1.165) is 22.0 Å². The minimum atomic E-state index is -0.747. The zero-order valence-electron chi connectivity index (χ0n) is 18.9. The number of primary amides is 1. The van der Waals surface area contributed by atoms with E-state index in [1.54, 1.807) is 49.9 Å². The highest BCUT2D eigenvalue weighted by atomic mass is 16.5. The van der Waals surface area contributed by atoms with Crippen LogP contribution in [0.4, 0.5) is 5.69 Å². The van der Waals surface area contributed by atoms with E-state index < -0.39 is 12.0 Å². The summed E-state index contributed by atoms with van der Waals surface area (Å²) in [7, 11) is 0. The zero-order chi connectivity index (χ0) is 24.5. The van der Waals surface area contributed by atoms with E-state index in [1.807, 2.05) is 19.1 Å². The summed E-state index contributed by atoms with van der Waals surface area (Å²) in [6.45, 7) is 3.75. The molecule has 5 rings (SSSR count). The Morgan fingerprint density at radius 3 is 2.63 bits per heavy atom. The molecule has 0 aliphatic heterocycles. The van der Waals surface area contributed by atoms with Crippen LogP contribution in [-0.2, 0) is 0 Å². The molecule has 0 saturated heterocycles. The molecule has 11 heteroatoms. The summed E-state index contributed by atoms with van der Waals surface area (Å²) in [6, 6.07) is 9.14. The highest BCUT2D eigenvalue weighted by Gasteiger charge is 2.21. The lowest BCUT2D eigenvalue weighted by molar-refractivity contribution is 0.0996. The fraction of sp³-hybridized carbons (Fsp3) is 0.125. The Bertz CT molecular complexity index is 1550. The van der Waals surface area contributed by atoms with Gasteiger partial charge >= 0.3 is 6.01 Å². The standard InChI is InChI=1S/C24H21N9O2/c1-12-4-5-16-15(11-30-33-16)19(12)14-10-18(31-21(20(14)25)22(26)34)17-6-9-29-24(32-17)35-13(2)23-27-7-3-8-28-23/h3-11,13H,25H2,1-2H3,(H2,26,34)(H,30,33)/t13-/m0/s1. The summed E-state index contributed by atoms with van der Waals surface area (Å²) < 4.78 is 5.84. The van der Waals surface area contributed by atoms with Crippen LogP contribution in [0.1, 0.15) is 34.9 Å². The first-order chi connectivity index (χ1) is 16.9. The van der Waals surface area contributed by atoms with Crippen molar-refractivity contribution in [3.63, 3.8) is 0 Å². The number of aryl methyl sites for hydroxylation is 1. The van der Waals surface area contributed by atoms with Crippen LogP contribution in [0, 0.1) is 6.92 Å². The van der Waals surface area contributed by atoms with Crippen LogP contribution in [-0.4, -0.2) is 41.0 Å². The first-order valence-electron chi connectivity index (χ1n) is 10.7. The quantitative estimate of drug-likeness (QED) is 0.339. The van der Waals surface area contributed by atoms with Gasteiger partial charge in [0.1, 0.15) is 0 Å². The number of aromatic nitrogens is 7. The van der Waals surface area contributed by atoms with Gasteiger partial charge in [-0.15, -0.1) is 0 Å². The molecule has 0 fully saturated rings. The Labute approximate surface area is 199 Å². The third-order valence-electron chi connectivity index (χ3n) is 5.52.